The molecular formula is C17H17ClN2O2. The van der Waals surface area contributed by atoms with Crippen LogP contribution in [0.2, 0.25) is 0 Å². The van der Waals surface area contributed by atoms with E-state index in [2.05, 4.69) is 10.6 Å². The summed E-state index contributed by atoms with van der Waals surface area (Å²) in [6.45, 7) is 1.91. The number of benzene rings is 2. The zero-order chi connectivity index (χ0) is 15.9. The normalized spacial score (nSPS) is 11.5. The van der Waals surface area contributed by atoms with E-state index in [0.29, 0.717) is 11.3 Å². The lowest BCUT2D eigenvalue weighted by atomic mass is 10.1. The maximum Gasteiger partial charge on any atom is 0.253 e. The molecule has 2 amide bonds. The summed E-state index contributed by atoms with van der Waals surface area (Å²) in [5, 5.41) is 5.54. The van der Waals surface area contributed by atoms with Crippen molar-refractivity contribution < 1.29 is 9.59 Å². The first-order valence-corrected chi connectivity index (χ1v) is 7.46. The number of halogens is 1. The number of carbonyl (C=O) groups is 2. The molecule has 2 aromatic carbocycles. The second-order valence-corrected chi connectivity index (χ2v) is 5.10. The van der Waals surface area contributed by atoms with Crippen molar-refractivity contribution in [2.45, 2.75) is 13.0 Å². The molecule has 0 bridgehead atoms. The number of para-hydroxylation sites is 1. The number of nitrogens with one attached hydrogen (secondary N) is 2. The Kier molecular flexibility index (Phi) is 5.55. The summed E-state index contributed by atoms with van der Waals surface area (Å²) < 4.78 is 0. The topological polar surface area (TPSA) is 58.2 Å². The Hall–Kier alpha value is -2.33. The number of hydrogen-bond donors (Lipinski definition) is 2. The predicted molar refractivity (Wildman–Crippen MR) is 88.1 cm³/mol. The number of anilines is 1. The van der Waals surface area contributed by atoms with Gasteiger partial charge in [0.05, 0.1) is 17.3 Å². The zero-order valence-electron chi connectivity index (χ0n) is 12.2. The molecule has 0 aromatic heterocycles. The molecule has 22 heavy (non-hydrogen) atoms. The number of hydrogen-bond acceptors (Lipinski definition) is 2. The van der Waals surface area contributed by atoms with Crippen LogP contribution in [0, 0.1) is 0 Å². The SMILES string of the molecule is CC(NC(=O)c1ccccc1NC(=O)CCl)c1ccccc1. The molecule has 1 atom stereocenters. The van der Waals surface area contributed by atoms with Gasteiger partial charge in [0.15, 0.2) is 0 Å². The summed E-state index contributed by atoms with van der Waals surface area (Å²) in [4.78, 5) is 23.8. The second-order valence-electron chi connectivity index (χ2n) is 4.83. The van der Waals surface area contributed by atoms with Gasteiger partial charge in [0.1, 0.15) is 5.88 Å². The van der Waals surface area contributed by atoms with Crippen LogP contribution >= 0.6 is 11.6 Å². The molecule has 0 heterocycles. The first-order valence-electron chi connectivity index (χ1n) is 6.92. The highest BCUT2D eigenvalue weighted by atomic mass is 35.5. The molecular weight excluding hydrogens is 300 g/mol. The van der Waals surface area contributed by atoms with E-state index in [0.717, 1.165) is 5.56 Å². The Morgan fingerprint density at radius 3 is 2.36 bits per heavy atom. The monoisotopic (exact) mass is 316 g/mol. The minimum absolute atomic E-state index is 0.134. The van der Waals surface area contributed by atoms with Crippen molar-refractivity contribution >= 4 is 29.1 Å². The van der Waals surface area contributed by atoms with Gasteiger partial charge in [-0.2, -0.15) is 0 Å². The van der Waals surface area contributed by atoms with Crippen LogP contribution in [0.3, 0.4) is 0 Å². The first kappa shape index (κ1) is 16.0. The van der Waals surface area contributed by atoms with Crippen LogP contribution in [-0.4, -0.2) is 17.7 Å². The Bertz CT molecular complexity index is 659. The van der Waals surface area contributed by atoms with Crippen LogP contribution in [0.15, 0.2) is 54.6 Å². The van der Waals surface area contributed by atoms with Crippen LogP contribution < -0.4 is 10.6 Å². The first-order chi connectivity index (χ1) is 10.6. The Morgan fingerprint density at radius 2 is 1.68 bits per heavy atom. The maximum absolute atomic E-state index is 12.4. The van der Waals surface area contributed by atoms with Gasteiger partial charge in [-0.15, -0.1) is 11.6 Å². The molecule has 0 saturated heterocycles. The third-order valence-corrected chi connectivity index (χ3v) is 3.46. The predicted octanol–water partition coefficient (Wildman–Crippen LogP) is 3.35. The van der Waals surface area contributed by atoms with E-state index in [-0.39, 0.29) is 23.7 Å². The van der Waals surface area contributed by atoms with Gasteiger partial charge in [-0.1, -0.05) is 42.5 Å². The van der Waals surface area contributed by atoms with Crippen LogP contribution in [-0.2, 0) is 4.79 Å². The zero-order valence-corrected chi connectivity index (χ0v) is 12.9. The molecule has 0 aliphatic rings. The van der Waals surface area contributed by atoms with Gasteiger partial charge in [0.25, 0.3) is 5.91 Å². The minimum atomic E-state index is -0.349. The van der Waals surface area contributed by atoms with E-state index < -0.39 is 0 Å². The molecule has 0 saturated carbocycles. The maximum atomic E-state index is 12.4. The molecule has 114 valence electrons. The quantitative estimate of drug-likeness (QED) is 0.831. The molecule has 0 aliphatic carbocycles. The van der Waals surface area contributed by atoms with E-state index in [9.17, 15) is 9.59 Å². The van der Waals surface area contributed by atoms with Gasteiger partial charge in [0.2, 0.25) is 5.91 Å². The standard InChI is InChI=1S/C17H17ClN2O2/c1-12(13-7-3-2-4-8-13)19-17(22)14-9-5-6-10-15(14)20-16(21)11-18/h2-10,12H,11H2,1H3,(H,19,22)(H,20,21). The van der Waals surface area contributed by atoms with E-state index >= 15 is 0 Å². The number of amides is 2. The molecule has 5 heteroatoms. The number of rotatable bonds is 5. The fraction of sp³-hybridized carbons (Fsp3) is 0.176. The second kappa shape index (κ2) is 7.61. The smallest absolute Gasteiger partial charge is 0.253 e. The van der Waals surface area contributed by atoms with Gasteiger partial charge >= 0.3 is 0 Å². The summed E-state index contributed by atoms with van der Waals surface area (Å²) in [6.07, 6.45) is 0. The molecule has 0 fully saturated rings. The van der Waals surface area contributed by atoms with Crippen LogP contribution in [0.1, 0.15) is 28.9 Å². The Labute approximate surface area is 134 Å². The fourth-order valence-corrected chi connectivity index (χ4v) is 2.14. The van der Waals surface area contributed by atoms with Gasteiger partial charge < -0.3 is 10.6 Å². The van der Waals surface area contributed by atoms with Crippen molar-refractivity contribution in [3.05, 3.63) is 65.7 Å². The van der Waals surface area contributed by atoms with E-state index in [1.165, 1.54) is 0 Å². The third kappa shape index (κ3) is 4.09. The summed E-state index contributed by atoms with van der Waals surface area (Å²) in [5.74, 6) is -0.754. The van der Waals surface area contributed by atoms with E-state index in [4.69, 9.17) is 11.6 Å². The molecule has 0 spiro atoms. The average molecular weight is 317 g/mol. The highest BCUT2D eigenvalue weighted by molar-refractivity contribution is 6.29. The van der Waals surface area contributed by atoms with Crippen molar-refractivity contribution in [1.29, 1.82) is 0 Å². The van der Waals surface area contributed by atoms with Crippen LogP contribution in [0.5, 0.6) is 0 Å². The molecule has 2 rings (SSSR count). The van der Waals surface area contributed by atoms with Gasteiger partial charge in [0, 0.05) is 0 Å². The average Bonchev–Trinajstić information content (AvgIpc) is 2.55. The molecule has 0 radical (unpaired) electrons. The Morgan fingerprint density at radius 1 is 1.05 bits per heavy atom. The van der Waals surface area contributed by atoms with Gasteiger partial charge in [-0.25, -0.2) is 0 Å². The van der Waals surface area contributed by atoms with Crippen molar-refractivity contribution in [2.75, 3.05) is 11.2 Å². The fourth-order valence-electron chi connectivity index (χ4n) is 2.07. The molecule has 1 unspecified atom stereocenters. The van der Waals surface area contributed by atoms with Crippen molar-refractivity contribution in [3.63, 3.8) is 0 Å². The molecule has 2 N–H and O–H groups in total. The van der Waals surface area contributed by atoms with Gasteiger partial charge in [-0.05, 0) is 24.6 Å². The van der Waals surface area contributed by atoms with Crippen molar-refractivity contribution in [1.82, 2.24) is 5.32 Å². The largest absolute Gasteiger partial charge is 0.345 e. The summed E-state index contributed by atoms with van der Waals surface area (Å²) in [5.41, 5.74) is 1.87. The lowest BCUT2D eigenvalue weighted by molar-refractivity contribution is -0.113. The summed E-state index contributed by atoms with van der Waals surface area (Å²) in [6, 6.07) is 16.4. The highest BCUT2D eigenvalue weighted by Gasteiger charge is 2.15. The van der Waals surface area contributed by atoms with Crippen LogP contribution in [0.25, 0.3) is 0 Å². The molecule has 0 aliphatic heterocycles. The minimum Gasteiger partial charge on any atom is -0.345 e. The van der Waals surface area contributed by atoms with Crippen molar-refractivity contribution in [3.8, 4) is 0 Å². The van der Waals surface area contributed by atoms with Crippen molar-refractivity contribution in [2.24, 2.45) is 0 Å². The lowest BCUT2D eigenvalue weighted by Gasteiger charge is -2.16. The summed E-state index contributed by atoms with van der Waals surface area (Å²) in [7, 11) is 0. The van der Waals surface area contributed by atoms with Crippen LogP contribution in [0.4, 0.5) is 5.69 Å². The molecule has 2 aromatic rings. The van der Waals surface area contributed by atoms with E-state index in [1.807, 2.05) is 37.3 Å². The van der Waals surface area contributed by atoms with Gasteiger partial charge in [-0.3, -0.25) is 9.59 Å². The number of carbonyl (C=O) groups excluding carboxylic acids is 2. The third-order valence-electron chi connectivity index (χ3n) is 3.21. The molecule has 4 nitrogen and oxygen atoms in total. The number of alkyl halides is 1. The lowest BCUT2D eigenvalue weighted by Crippen LogP contribution is -2.28. The highest BCUT2D eigenvalue weighted by Crippen LogP contribution is 2.18. The summed E-state index contributed by atoms with van der Waals surface area (Å²) >= 11 is 5.49. The Balaban J connectivity index is 2.14. The van der Waals surface area contributed by atoms with E-state index in [1.54, 1.807) is 24.3 Å².